The largest absolute Gasteiger partial charge is 0.271 e. The Morgan fingerprint density at radius 1 is 1.09 bits per heavy atom. The first-order chi connectivity index (χ1) is 10.3. The molecule has 4 heteroatoms. The number of hydrogen-bond acceptors (Lipinski definition) is 3. The summed E-state index contributed by atoms with van der Waals surface area (Å²) in [4.78, 5) is 14.4. The van der Waals surface area contributed by atoms with E-state index in [9.17, 15) is 4.79 Å². The third kappa shape index (κ3) is 4.04. The summed E-state index contributed by atoms with van der Waals surface area (Å²) in [5.41, 5.74) is 5.35. The summed E-state index contributed by atoms with van der Waals surface area (Å²) in [7, 11) is 0. The van der Waals surface area contributed by atoms with Gasteiger partial charge in [0.2, 0.25) is 0 Å². The van der Waals surface area contributed by atoms with Crippen molar-refractivity contribution in [3.63, 3.8) is 0 Å². The predicted octanol–water partition coefficient (Wildman–Crippen LogP) is 4.51. The van der Waals surface area contributed by atoms with E-state index in [0.29, 0.717) is 5.56 Å². The monoisotopic (exact) mass is 314 g/mol. The van der Waals surface area contributed by atoms with Gasteiger partial charge in [0.15, 0.2) is 0 Å². The molecule has 0 bridgehead atoms. The number of hydrogen-bond donors (Lipinski definition) is 1. The fraction of sp³-hybridized carbons (Fsp3) is 0.333. The first kappa shape index (κ1) is 16.4. The molecular formula is C18H22N2OS. The van der Waals surface area contributed by atoms with E-state index in [1.807, 2.05) is 43.3 Å². The first-order valence-corrected chi connectivity index (χ1v) is 8.11. The van der Waals surface area contributed by atoms with E-state index in [1.54, 1.807) is 11.3 Å². The highest BCUT2D eigenvalue weighted by atomic mass is 32.1. The van der Waals surface area contributed by atoms with Gasteiger partial charge < -0.3 is 0 Å². The molecule has 0 spiro atoms. The van der Waals surface area contributed by atoms with Crippen molar-refractivity contribution >= 4 is 23.0 Å². The van der Waals surface area contributed by atoms with Crippen molar-refractivity contribution in [2.45, 2.75) is 40.0 Å². The second-order valence-corrected chi connectivity index (χ2v) is 7.66. The van der Waals surface area contributed by atoms with Crippen LogP contribution in [0.25, 0.3) is 0 Å². The smallest absolute Gasteiger partial charge is 0.267 e. The van der Waals surface area contributed by atoms with Gasteiger partial charge in [-0.05, 0) is 49.1 Å². The molecular weight excluding hydrogens is 292 g/mol. The van der Waals surface area contributed by atoms with Crippen LogP contribution in [0.3, 0.4) is 0 Å². The van der Waals surface area contributed by atoms with Crippen LogP contribution >= 0.6 is 11.3 Å². The molecule has 1 aromatic carbocycles. The Bertz CT molecular complexity index is 691. The van der Waals surface area contributed by atoms with Crippen molar-refractivity contribution in [1.82, 2.24) is 5.43 Å². The molecule has 1 amide bonds. The van der Waals surface area contributed by atoms with Crippen molar-refractivity contribution < 1.29 is 4.79 Å². The lowest BCUT2D eigenvalue weighted by atomic mass is 9.87. The number of rotatable bonds is 3. The molecule has 0 fully saturated rings. The molecule has 22 heavy (non-hydrogen) atoms. The Morgan fingerprint density at radius 3 is 2.23 bits per heavy atom. The van der Waals surface area contributed by atoms with E-state index < -0.39 is 0 Å². The van der Waals surface area contributed by atoms with Crippen molar-refractivity contribution in [2.24, 2.45) is 5.10 Å². The maximum atomic E-state index is 12.1. The van der Waals surface area contributed by atoms with Gasteiger partial charge in [-0.15, -0.1) is 11.3 Å². The first-order valence-electron chi connectivity index (χ1n) is 7.29. The predicted molar refractivity (Wildman–Crippen MR) is 93.9 cm³/mol. The number of benzene rings is 1. The van der Waals surface area contributed by atoms with E-state index in [2.05, 4.69) is 38.2 Å². The zero-order chi connectivity index (χ0) is 16.3. The van der Waals surface area contributed by atoms with Gasteiger partial charge in [-0.25, -0.2) is 5.43 Å². The normalized spacial score (nSPS) is 12.3. The second-order valence-electron chi connectivity index (χ2n) is 6.38. The number of hydrazone groups is 1. The molecule has 3 nitrogen and oxygen atoms in total. The highest BCUT2D eigenvalue weighted by molar-refractivity contribution is 7.14. The van der Waals surface area contributed by atoms with Crippen LogP contribution in [0.15, 0.2) is 41.5 Å². The molecule has 0 saturated carbocycles. The van der Waals surface area contributed by atoms with Gasteiger partial charge in [-0.1, -0.05) is 32.9 Å². The second kappa shape index (κ2) is 6.44. The minimum absolute atomic E-state index is 0.0841. The topological polar surface area (TPSA) is 41.5 Å². The standard InChI is InChI=1S/C18H22N2OS/c1-12-6-11-16(22-12)13(2)19-20-17(21)14-7-9-15(10-8-14)18(3,4)5/h6-11H,1-5H3,(H,20,21)/b19-13+. The average Bonchev–Trinajstić information content (AvgIpc) is 2.90. The SMILES string of the molecule is C/C(=N\NC(=O)c1ccc(C(C)(C)C)cc1)c1ccc(C)s1. The minimum Gasteiger partial charge on any atom is -0.267 e. The summed E-state index contributed by atoms with van der Waals surface area (Å²) >= 11 is 1.67. The number of nitrogens with one attached hydrogen (secondary N) is 1. The average molecular weight is 314 g/mol. The van der Waals surface area contributed by atoms with Gasteiger partial charge in [-0.3, -0.25) is 4.79 Å². The molecule has 0 aliphatic rings. The highest BCUT2D eigenvalue weighted by Crippen LogP contribution is 2.22. The van der Waals surface area contributed by atoms with E-state index in [0.717, 1.165) is 10.6 Å². The molecule has 0 atom stereocenters. The van der Waals surface area contributed by atoms with Crippen molar-refractivity contribution in [3.05, 3.63) is 57.3 Å². The molecule has 1 heterocycles. The number of carbonyl (C=O) groups excluding carboxylic acids is 1. The Morgan fingerprint density at radius 2 is 1.73 bits per heavy atom. The number of amides is 1. The lowest BCUT2D eigenvalue weighted by Crippen LogP contribution is -2.19. The van der Waals surface area contributed by atoms with Crippen LogP contribution in [0.1, 0.15) is 53.4 Å². The zero-order valence-electron chi connectivity index (χ0n) is 13.7. The summed E-state index contributed by atoms with van der Waals surface area (Å²) in [5.74, 6) is -0.187. The van der Waals surface area contributed by atoms with Crippen molar-refractivity contribution in [2.75, 3.05) is 0 Å². The van der Waals surface area contributed by atoms with Crippen LogP contribution in [0.5, 0.6) is 0 Å². The minimum atomic E-state index is -0.187. The van der Waals surface area contributed by atoms with Gasteiger partial charge >= 0.3 is 0 Å². The van der Waals surface area contributed by atoms with Gasteiger partial charge in [-0.2, -0.15) is 5.10 Å². The lowest BCUT2D eigenvalue weighted by molar-refractivity contribution is 0.0955. The van der Waals surface area contributed by atoms with Crippen molar-refractivity contribution in [3.8, 4) is 0 Å². The molecule has 0 radical (unpaired) electrons. The molecule has 2 rings (SSSR count). The van der Waals surface area contributed by atoms with Crippen LogP contribution in [-0.2, 0) is 5.41 Å². The van der Waals surface area contributed by atoms with Gasteiger partial charge in [0, 0.05) is 10.4 Å². The maximum Gasteiger partial charge on any atom is 0.271 e. The van der Waals surface area contributed by atoms with Crippen LogP contribution in [0.2, 0.25) is 0 Å². The fourth-order valence-corrected chi connectivity index (χ4v) is 2.82. The summed E-state index contributed by atoms with van der Waals surface area (Å²) in [6.45, 7) is 10.4. The molecule has 0 aliphatic heterocycles. The fourth-order valence-electron chi connectivity index (χ4n) is 2.00. The van der Waals surface area contributed by atoms with E-state index >= 15 is 0 Å². The Balaban J connectivity index is 2.06. The number of carbonyl (C=O) groups is 1. The number of nitrogens with zero attached hydrogens (tertiary/aromatic N) is 1. The molecule has 0 unspecified atom stereocenters. The summed E-state index contributed by atoms with van der Waals surface area (Å²) in [6.07, 6.45) is 0. The summed E-state index contributed by atoms with van der Waals surface area (Å²) < 4.78 is 0. The summed E-state index contributed by atoms with van der Waals surface area (Å²) in [5, 5.41) is 4.18. The van der Waals surface area contributed by atoms with Crippen molar-refractivity contribution in [1.29, 1.82) is 0 Å². The number of aryl methyl sites for hydroxylation is 1. The van der Waals surface area contributed by atoms with E-state index in [1.165, 1.54) is 10.4 Å². The zero-order valence-corrected chi connectivity index (χ0v) is 14.5. The number of thiophene rings is 1. The molecule has 2 aromatic rings. The van der Waals surface area contributed by atoms with E-state index in [-0.39, 0.29) is 11.3 Å². The Labute approximate surface area is 136 Å². The lowest BCUT2D eigenvalue weighted by Gasteiger charge is -2.18. The molecule has 116 valence electrons. The Kier molecular flexibility index (Phi) is 4.81. The summed E-state index contributed by atoms with van der Waals surface area (Å²) in [6, 6.07) is 11.7. The molecule has 0 saturated heterocycles. The quantitative estimate of drug-likeness (QED) is 0.657. The van der Waals surface area contributed by atoms with Gasteiger partial charge in [0.05, 0.1) is 10.6 Å². The van der Waals surface area contributed by atoms with Gasteiger partial charge in [0.1, 0.15) is 0 Å². The molecule has 1 aromatic heterocycles. The molecule has 0 aliphatic carbocycles. The van der Waals surface area contributed by atoms with Gasteiger partial charge in [0.25, 0.3) is 5.91 Å². The van der Waals surface area contributed by atoms with Crippen LogP contribution in [0, 0.1) is 6.92 Å². The Hall–Kier alpha value is -1.94. The van der Waals surface area contributed by atoms with Crippen LogP contribution in [-0.4, -0.2) is 11.6 Å². The van der Waals surface area contributed by atoms with Crippen LogP contribution < -0.4 is 5.43 Å². The third-order valence-corrected chi connectivity index (χ3v) is 4.54. The highest BCUT2D eigenvalue weighted by Gasteiger charge is 2.14. The van der Waals surface area contributed by atoms with Crippen LogP contribution in [0.4, 0.5) is 0 Å². The molecule has 1 N–H and O–H groups in total. The maximum absolute atomic E-state index is 12.1. The third-order valence-electron chi connectivity index (χ3n) is 3.44. The van der Waals surface area contributed by atoms with E-state index in [4.69, 9.17) is 0 Å².